The van der Waals surface area contributed by atoms with Gasteiger partial charge in [-0.3, -0.25) is 0 Å². The van der Waals surface area contributed by atoms with Gasteiger partial charge in [-0.05, 0) is 36.2 Å². The van der Waals surface area contributed by atoms with Crippen molar-refractivity contribution in [1.82, 2.24) is 10.2 Å². The van der Waals surface area contributed by atoms with Crippen LogP contribution in [0.4, 0.5) is 14.9 Å². The maximum Gasteiger partial charge on any atom is 0.317 e. The number of urea groups is 1. The normalized spacial score (nSPS) is 16.3. The Morgan fingerprint density at radius 3 is 2.68 bits per heavy atom. The van der Waals surface area contributed by atoms with Crippen molar-refractivity contribution in [2.75, 3.05) is 44.4 Å². The lowest BCUT2D eigenvalue weighted by atomic mass is 10.1. The minimum atomic E-state index is -0.314. The Morgan fingerprint density at radius 1 is 1.11 bits per heavy atom. The third-order valence-electron chi connectivity index (χ3n) is 5.11. The van der Waals surface area contributed by atoms with Crippen LogP contribution in [0.5, 0.6) is 5.75 Å². The van der Waals surface area contributed by atoms with Crippen molar-refractivity contribution < 1.29 is 18.7 Å². The predicted octanol–water partition coefficient (Wildman–Crippen LogP) is 2.77. The second kappa shape index (κ2) is 8.48. The quantitative estimate of drug-likeness (QED) is 0.879. The first-order valence-electron chi connectivity index (χ1n) is 9.55. The van der Waals surface area contributed by atoms with E-state index in [1.54, 1.807) is 0 Å². The fourth-order valence-electron chi connectivity index (χ4n) is 3.66. The van der Waals surface area contributed by atoms with Crippen LogP contribution in [0.3, 0.4) is 0 Å². The third kappa shape index (κ3) is 4.20. The number of carbonyl (C=O) groups is 1. The Morgan fingerprint density at radius 2 is 1.89 bits per heavy atom. The standard InChI is InChI=1S/C21H24FN3O3/c22-18-12-16(20-17(13-18)14-27-15-28-20)6-7-23-21(26)25-10-8-24(9-11-25)19-4-2-1-3-5-19/h1-5,12-13H,6-11,14-15H2,(H,23,26). The molecule has 2 aliphatic rings. The van der Waals surface area contributed by atoms with Crippen LogP contribution in [0, 0.1) is 5.82 Å². The van der Waals surface area contributed by atoms with Gasteiger partial charge in [0.15, 0.2) is 6.79 Å². The van der Waals surface area contributed by atoms with Crippen molar-refractivity contribution in [3.05, 3.63) is 59.4 Å². The number of carbonyl (C=O) groups excluding carboxylic acids is 1. The van der Waals surface area contributed by atoms with Gasteiger partial charge in [0.2, 0.25) is 0 Å². The number of fused-ring (bicyclic) bond motifs is 1. The van der Waals surface area contributed by atoms with Crippen LogP contribution < -0.4 is 15.0 Å². The Bertz CT molecular complexity index is 823. The molecule has 0 unspecified atom stereocenters. The molecule has 0 atom stereocenters. The van der Waals surface area contributed by atoms with Crippen LogP contribution in [-0.2, 0) is 17.8 Å². The van der Waals surface area contributed by atoms with Crippen molar-refractivity contribution in [3.63, 3.8) is 0 Å². The van der Waals surface area contributed by atoms with E-state index in [4.69, 9.17) is 9.47 Å². The zero-order valence-corrected chi connectivity index (χ0v) is 15.7. The van der Waals surface area contributed by atoms with Gasteiger partial charge in [-0.15, -0.1) is 0 Å². The molecule has 0 bridgehead atoms. The van der Waals surface area contributed by atoms with Crippen molar-refractivity contribution in [3.8, 4) is 5.75 Å². The van der Waals surface area contributed by atoms with E-state index in [0.29, 0.717) is 44.0 Å². The summed E-state index contributed by atoms with van der Waals surface area (Å²) < 4.78 is 24.5. The number of anilines is 1. The molecule has 1 saturated heterocycles. The molecule has 1 N–H and O–H groups in total. The Kier molecular flexibility index (Phi) is 5.62. The summed E-state index contributed by atoms with van der Waals surface area (Å²) in [5, 5.41) is 2.94. The van der Waals surface area contributed by atoms with E-state index >= 15 is 0 Å². The van der Waals surface area contributed by atoms with Gasteiger partial charge in [-0.2, -0.15) is 0 Å². The first-order valence-corrected chi connectivity index (χ1v) is 9.55. The highest BCUT2D eigenvalue weighted by Crippen LogP contribution is 2.29. The van der Waals surface area contributed by atoms with Crippen LogP contribution in [0.25, 0.3) is 0 Å². The predicted molar refractivity (Wildman–Crippen MR) is 104 cm³/mol. The molecule has 2 aromatic carbocycles. The number of benzene rings is 2. The summed E-state index contributed by atoms with van der Waals surface area (Å²) in [6, 6.07) is 13.0. The molecule has 0 aromatic heterocycles. The monoisotopic (exact) mass is 385 g/mol. The van der Waals surface area contributed by atoms with E-state index in [9.17, 15) is 9.18 Å². The van der Waals surface area contributed by atoms with Gasteiger partial charge >= 0.3 is 6.03 Å². The van der Waals surface area contributed by atoms with Crippen LogP contribution in [0.1, 0.15) is 11.1 Å². The lowest BCUT2D eigenvalue weighted by molar-refractivity contribution is -0.0172. The number of para-hydroxylation sites is 1. The Balaban J connectivity index is 1.27. The number of hydrogen-bond donors (Lipinski definition) is 1. The lowest BCUT2D eigenvalue weighted by Crippen LogP contribution is -2.52. The largest absolute Gasteiger partial charge is 0.467 e. The number of piperazine rings is 1. The number of nitrogens with one attached hydrogen (secondary N) is 1. The number of hydrogen-bond acceptors (Lipinski definition) is 4. The topological polar surface area (TPSA) is 54.0 Å². The highest BCUT2D eigenvalue weighted by molar-refractivity contribution is 5.74. The summed E-state index contributed by atoms with van der Waals surface area (Å²) in [4.78, 5) is 16.6. The summed E-state index contributed by atoms with van der Waals surface area (Å²) in [5.74, 6) is 0.365. The van der Waals surface area contributed by atoms with E-state index in [1.165, 1.54) is 17.8 Å². The Labute approximate surface area is 163 Å². The van der Waals surface area contributed by atoms with E-state index in [0.717, 1.165) is 18.7 Å². The number of amides is 2. The molecule has 2 amide bonds. The van der Waals surface area contributed by atoms with Gasteiger partial charge in [0.05, 0.1) is 6.61 Å². The summed E-state index contributed by atoms with van der Waals surface area (Å²) >= 11 is 0. The lowest BCUT2D eigenvalue weighted by Gasteiger charge is -2.36. The SMILES string of the molecule is O=C(NCCc1cc(F)cc2c1OCOC2)N1CCN(c2ccccc2)CC1. The van der Waals surface area contributed by atoms with Crippen molar-refractivity contribution in [1.29, 1.82) is 0 Å². The van der Waals surface area contributed by atoms with Crippen molar-refractivity contribution in [2.24, 2.45) is 0 Å². The Hall–Kier alpha value is -2.80. The summed E-state index contributed by atoms with van der Waals surface area (Å²) in [5.41, 5.74) is 2.65. The molecule has 0 aliphatic carbocycles. The second-order valence-corrected chi connectivity index (χ2v) is 6.96. The number of halogens is 1. The second-order valence-electron chi connectivity index (χ2n) is 6.96. The average molecular weight is 385 g/mol. The first kappa shape index (κ1) is 18.6. The van der Waals surface area contributed by atoms with Crippen LogP contribution >= 0.6 is 0 Å². The number of ether oxygens (including phenoxy) is 2. The molecular formula is C21H24FN3O3. The maximum absolute atomic E-state index is 13.8. The number of rotatable bonds is 4. The summed E-state index contributed by atoms with van der Waals surface area (Å²) in [6.45, 7) is 3.91. The van der Waals surface area contributed by atoms with Crippen molar-refractivity contribution in [2.45, 2.75) is 13.0 Å². The fourth-order valence-corrected chi connectivity index (χ4v) is 3.66. The highest BCUT2D eigenvalue weighted by Gasteiger charge is 2.21. The highest BCUT2D eigenvalue weighted by atomic mass is 19.1. The van der Waals surface area contributed by atoms with Gasteiger partial charge in [0, 0.05) is 44.0 Å². The zero-order valence-electron chi connectivity index (χ0n) is 15.7. The van der Waals surface area contributed by atoms with Crippen LogP contribution in [-0.4, -0.2) is 50.4 Å². The molecule has 2 aliphatic heterocycles. The van der Waals surface area contributed by atoms with Gasteiger partial charge in [-0.1, -0.05) is 18.2 Å². The number of nitrogens with zero attached hydrogens (tertiary/aromatic N) is 2. The molecule has 0 radical (unpaired) electrons. The molecule has 0 saturated carbocycles. The molecule has 28 heavy (non-hydrogen) atoms. The third-order valence-corrected chi connectivity index (χ3v) is 5.11. The molecule has 0 spiro atoms. The van der Waals surface area contributed by atoms with Crippen molar-refractivity contribution >= 4 is 11.7 Å². The zero-order chi connectivity index (χ0) is 19.3. The minimum Gasteiger partial charge on any atom is -0.467 e. The maximum atomic E-state index is 13.8. The van der Waals surface area contributed by atoms with E-state index in [1.807, 2.05) is 23.1 Å². The summed E-state index contributed by atoms with van der Waals surface area (Å²) in [7, 11) is 0. The molecule has 2 heterocycles. The summed E-state index contributed by atoms with van der Waals surface area (Å²) in [6.07, 6.45) is 0.510. The van der Waals surface area contributed by atoms with Gasteiger partial charge in [0.25, 0.3) is 0 Å². The minimum absolute atomic E-state index is 0.0813. The average Bonchev–Trinajstić information content (AvgIpc) is 2.74. The molecule has 1 fully saturated rings. The smallest absolute Gasteiger partial charge is 0.317 e. The molecule has 6 nitrogen and oxygen atoms in total. The molecule has 7 heteroatoms. The molecule has 148 valence electrons. The van der Waals surface area contributed by atoms with Crippen LogP contribution in [0.15, 0.2) is 42.5 Å². The first-order chi connectivity index (χ1) is 13.7. The molecule has 4 rings (SSSR count). The van der Waals surface area contributed by atoms with Gasteiger partial charge < -0.3 is 24.6 Å². The van der Waals surface area contributed by atoms with Gasteiger partial charge in [0.1, 0.15) is 11.6 Å². The van der Waals surface area contributed by atoms with E-state index < -0.39 is 0 Å². The van der Waals surface area contributed by atoms with E-state index in [2.05, 4.69) is 22.3 Å². The fraction of sp³-hybridized carbons (Fsp3) is 0.381. The van der Waals surface area contributed by atoms with Crippen LogP contribution in [0.2, 0.25) is 0 Å². The molecular weight excluding hydrogens is 361 g/mol. The van der Waals surface area contributed by atoms with E-state index in [-0.39, 0.29) is 18.6 Å². The van der Waals surface area contributed by atoms with Gasteiger partial charge in [-0.25, -0.2) is 9.18 Å². The molecule has 2 aromatic rings.